The second kappa shape index (κ2) is 4.57. The second-order valence-corrected chi connectivity index (χ2v) is 4.57. The van der Waals surface area contributed by atoms with E-state index in [-0.39, 0.29) is 17.7 Å². The van der Waals surface area contributed by atoms with E-state index in [1.165, 1.54) is 6.92 Å². The highest BCUT2D eigenvalue weighted by Gasteiger charge is 2.38. The van der Waals surface area contributed by atoms with Crippen LogP contribution >= 0.6 is 0 Å². The van der Waals surface area contributed by atoms with Gasteiger partial charge in [-0.1, -0.05) is 13.0 Å². The number of hydrogen-bond acceptors (Lipinski definition) is 2. The first-order valence-corrected chi connectivity index (χ1v) is 5.75. The molecule has 2 atom stereocenters. The average molecular weight is 232 g/mol. The zero-order chi connectivity index (χ0) is 12.4. The van der Waals surface area contributed by atoms with E-state index >= 15 is 0 Å². The van der Waals surface area contributed by atoms with Gasteiger partial charge in [0.2, 0.25) is 11.8 Å². The number of nitrogens with one attached hydrogen (secondary N) is 2. The van der Waals surface area contributed by atoms with E-state index in [4.69, 9.17) is 0 Å². The van der Waals surface area contributed by atoms with E-state index in [1.54, 1.807) is 18.2 Å². The first-order chi connectivity index (χ1) is 8.06. The van der Waals surface area contributed by atoms with Crippen LogP contribution in [0.4, 0.5) is 11.4 Å². The lowest BCUT2D eigenvalue weighted by atomic mass is 10.2. The molecule has 0 aromatic heterocycles. The molecule has 0 saturated heterocycles. The molecular weight excluding hydrogens is 216 g/mol. The number of amides is 2. The molecule has 1 aromatic rings. The van der Waals surface area contributed by atoms with E-state index in [9.17, 15) is 9.59 Å². The van der Waals surface area contributed by atoms with E-state index in [0.29, 0.717) is 11.6 Å². The van der Waals surface area contributed by atoms with Crippen LogP contribution in [0, 0.1) is 11.8 Å². The fourth-order valence-electron chi connectivity index (χ4n) is 1.80. The molecule has 0 bridgehead atoms. The van der Waals surface area contributed by atoms with E-state index < -0.39 is 0 Å². The predicted molar refractivity (Wildman–Crippen MR) is 66.6 cm³/mol. The monoisotopic (exact) mass is 232 g/mol. The van der Waals surface area contributed by atoms with Gasteiger partial charge in [-0.05, 0) is 30.5 Å². The van der Waals surface area contributed by atoms with E-state index in [1.807, 2.05) is 6.07 Å². The SMILES string of the molecule is CC(=O)Nc1cccc(NC(=O)C2CC2C)c1. The van der Waals surface area contributed by atoms with Crippen molar-refractivity contribution < 1.29 is 9.59 Å². The highest BCUT2D eigenvalue weighted by atomic mass is 16.2. The Morgan fingerprint density at radius 3 is 2.35 bits per heavy atom. The Morgan fingerprint density at radius 2 is 1.82 bits per heavy atom. The molecule has 0 radical (unpaired) electrons. The molecule has 2 unspecified atom stereocenters. The molecule has 0 spiro atoms. The number of hydrogen-bond donors (Lipinski definition) is 2. The minimum atomic E-state index is -0.121. The van der Waals surface area contributed by atoms with Crippen LogP contribution in [0.25, 0.3) is 0 Å². The molecule has 1 aliphatic carbocycles. The molecule has 0 heterocycles. The summed E-state index contributed by atoms with van der Waals surface area (Å²) in [4.78, 5) is 22.6. The number of benzene rings is 1. The third-order valence-corrected chi connectivity index (χ3v) is 2.90. The summed E-state index contributed by atoms with van der Waals surface area (Å²) in [6.45, 7) is 3.52. The van der Waals surface area contributed by atoms with Crippen molar-refractivity contribution in [2.45, 2.75) is 20.3 Å². The van der Waals surface area contributed by atoms with Gasteiger partial charge in [0.05, 0.1) is 0 Å². The van der Waals surface area contributed by atoms with E-state index in [2.05, 4.69) is 17.6 Å². The fraction of sp³-hybridized carbons (Fsp3) is 0.385. The van der Waals surface area contributed by atoms with Gasteiger partial charge in [0.15, 0.2) is 0 Å². The predicted octanol–water partition coefficient (Wildman–Crippen LogP) is 2.24. The molecule has 4 heteroatoms. The summed E-state index contributed by atoms with van der Waals surface area (Å²) >= 11 is 0. The maximum Gasteiger partial charge on any atom is 0.227 e. The highest BCUT2D eigenvalue weighted by Crippen LogP contribution is 2.38. The zero-order valence-corrected chi connectivity index (χ0v) is 9.99. The Labute approximate surface area is 100 Å². The Bertz CT molecular complexity index is 456. The van der Waals surface area contributed by atoms with Crippen molar-refractivity contribution in [1.82, 2.24) is 0 Å². The van der Waals surface area contributed by atoms with Gasteiger partial charge >= 0.3 is 0 Å². The van der Waals surface area contributed by atoms with Crippen LogP contribution < -0.4 is 10.6 Å². The quantitative estimate of drug-likeness (QED) is 0.839. The molecule has 2 amide bonds. The largest absolute Gasteiger partial charge is 0.326 e. The number of anilines is 2. The Morgan fingerprint density at radius 1 is 1.24 bits per heavy atom. The zero-order valence-electron chi connectivity index (χ0n) is 9.99. The van der Waals surface area contributed by atoms with Gasteiger partial charge < -0.3 is 10.6 Å². The van der Waals surface area contributed by atoms with Crippen molar-refractivity contribution in [2.24, 2.45) is 11.8 Å². The molecule has 2 N–H and O–H groups in total. The first-order valence-electron chi connectivity index (χ1n) is 5.75. The van der Waals surface area contributed by atoms with Crippen molar-refractivity contribution >= 4 is 23.2 Å². The Balaban J connectivity index is 2.00. The van der Waals surface area contributed by atoms with Gasteiger partial charge in [0.25, 0.3) is 0 Å². The summed E-state index contributed by atoms with van der Waals surface area (Å²) in [5.74, 6) is 0.592. The molecule has 1 aliphatic rings. The van der Waals surface area contributed by atoms with Crippen LogP contribution in [-0.2, 0) is 9.59 Å². The number of carbonyl (C=O) groups is 2. The first kappa shape index (κ1) is 11.6. The van der Waals surface area contributed by atoms with Crippen molar-refractivity contribution in [3.05, 3.63) is 24.3 Å². The molecule has 0 aliphatic heterocycles. The number of rotatable bonds is 3. The minimum absolute atomic E-state index is 0.0671. The average Bonchev–Trinajstić information content (AvgIpc) is 2.95. The third-order valence-electron chi connectivity index (χ3n) is 2.90. The normalized spacial score (nSPS) is 21.8. The summed E-state index contributed by atoms with van der Waals surface area (Å²) in [6.07, 6.45) is 0.969. The summed E-state index contributed by atoms with van der Waals surface area (Å²) in [5.41, 5.74) is 1.42. The van der Waals surface area contributed by atoms with Crippen LogP contribution in [0.5, 0.6) is 0 Å². The fourth-order valence-corrected chi connectivity index (χ4v) is 1.80. The molecule has 4 nitrogen and oxygen atoms in total. The summed E-state index contributed by atoms with van der Waals surface area (Å²) < 4.78 is 0. The molecule has 2 rings (SSSR count). The smallest absolute Gasteiger partial charge is 0.227 e. The van der Waals surface area contributed by atoms with Crippen LogP contribution in [-0.4, -0.2) is 11.8 Å². The highest BCUT2D eigenvalue weighted by molar-refractivity contribution is 5.95. The van der Waals surface area contributed by atoms with Crippen molar-refractivity contribution in [2.75, 3.05) is 10.6 Å². The lowest BCUT2D eigenvalue weighted by Crippen LogP contribution is -2.14. The Hall–Kier alpha value is -1.84. The van der Waals surface area contributed by atoms with Crippen LogP contribution in [0.15, 0.2) is 24.3 Å². The maximum atomic E-state index is 11.7. The molecule has 17 heavy (non-hydrogen) atoms. The topological polar surface area (TPSA) is 58.2 Å². The summed E-state index contributed by atoms with van der Waals surface area (Å²) in [5, 5.41) is 5.54. The second-order valence-electron chi connectivity index (χ2n) is 4.57. The van der Waals surface area contributed by atoms with Gasteiger partial charge in [-0.25, -0.2) is 0 Å². The Kier molecular flexibility index (Phi) is 3.13. The molecule has 1 fully saturated rings. The lowest BCUT2D eigenvalue weighted by Gasteiger charge is -2.07. The summed E-state index contributed by atoms with van der Waals surface area (Å²) in [6, 6.07) is 7.16. The van der Waals surface area contributed by atoms with E-state index in [0.717, 1.165) is 12.1 Å². The maximum absolute atomic E-state index is 11.7. The van der Waals surface area contributed by atoms with Gasteiger partial charge in [0, 0.05) is 24.2 Å². The van der Waals surface area contributed by atoms with Crippen LogP contribution in [0.2, 0.25) is 0 Å². The lowest BCUT2D eigenvalue weighted by molar-refractivity contribution is -0.117. The van der Waals surface area contributed by atoms with Gasteiger partial charge in [-0.2, -0.15) is 0 Å². The molecule has 1 saturated carbocycles. The van der Waals surface area contributed by atoms with Crippen molar-refractivity contribution in [3.8, 4) is 0 Å². The van der Waals surface area contributed by atoms with Crippen molar-refractivity contribution in [3.63, 3.8) is 0 Å². The third kappa shape index (κ3) is 3.06. The van der Waals surface area contributed by atoms with Crippen molar-refractivity contribution in [1.29, 1.82) is 0 Å². The summed E-state index contributed by atoms with van der Waals surface area (Å²) in [7, 11) is 0. The standard InChI is InChI=1S/C13H16N2O2/c1-8-6-12(8)13(17)15-11-5-3-4-10(7-11)14-9(2)16/h3-5,7-8,12H,6H2,1-2H3,(H,14,16)(H,15,17). The van der Waals surface area contributed by atoms with Gasteiger partial charge in [-0.3, -0.25) is 9.59 Å². The number of carbonyl (C=O) groups excluding carboxylic acids is 2. The molecule has 90 valence electrons. The van der Waals surface area contributed by atoms with Gasteiger partial charge in [-0.15, -0.1) is 0 Å². The molecular formula is C13H16N2O2. The van der Waals surface area contributed by atoms with Crippen LogP contribution in [0.3, 0.4) is 0 Å². The van der Waals surface area contributed by atoms with Gasteiger partial charge in [0.1, 0.15) is 0 Å². The molecule has 1 aromatic carbocycles. The van der Waals surface area contributed by atoms with Crippen LogP contribution in [0.1, 0.15) is 20.3 Å². The minimum Gasteiger partial charge on any atom is -0.326 e.